The SMILES string of the molecule is CCCCN.CCCCN.CCCCN.[B]. The van der Waals surface area contributed by atoms with Crippen LogP contribution in [0.15, 0.2) is 0 Å². The first-order valence-corrected chi connectivity index (χ1v) is 6.35. The van der Waals surface area contributed by atoms with Crippen LogP contribution in [0.25, 0.3) is 0 Å². The Morgan fingerprint density at radius 3 is 0.750 bits per heavy atom. The monoisotopic (exact) mass is 230 g/mol. The normalized spacial score (nSPS) is 7.88. The quantitative estimate of drug-likeness (QED) is 0.609. The van der Waals surface area contributed by atoms with Gasteiger partial charge in [-0.2, -0.15) is 0 Å². The van der Waals surface area contributed by atoms with Gasteiger partial charge in [-0.15, -0.1) is 0 Å². The fraction of sp³-hybridized carbons (Fsp3) is 1.00. The third kappa shape index (κ3) is 66.1. The Bertz CT molecular complexity index is 53.0. The molecule has 0 saturated heterocycles. The lowest BCUT2D eigenvalue weighted by Gasteiger charge is -1.80. The van der Waals surface area contributed by atoms with Crippen LogP contribution in [-0.2, 0) is 0 Å². The minimum absolute atomic E-state index is 0. The summed E-state index contributed by atoms with van der Waals surface area (Å²) in [6.45, 7) is 8.93. The Balaban J connectivity index is -0.0000000655. The highest BCUT2D eigenvalue weighted by Gasteiger charge is 1.68. The van der Waals surface area contributed by atoms with Gasteiger partial charge >= 0.3 is 0 Å². The summed E-state index contributed by atoms with van der Waals surface area (Å²) in [5.74, 6) is 0. The molecule has 0 bridgehead atoms. The summed E-state index contributed by atoms with van der Waals surface area (Å²) in [6, 6.07) is 0. The largest absolute Gasteiger partial charge is 0.330 e. The molecule has 16 heavy (non-hydrogen) atoms. The highest BCUT2D eigenvalue weighted by molar-refractivity contribution is 5.75. The van der Waals surface area contributed by atoms with Gasteiger partial charge in [0.05, 0.1) is 0 Å². The Morgan fingerprint density at radius 2 is 0.750 bits per heavy atom. The van der Waals surface area contributed by atoms with Crippen LogP contribution in [0.1, 0.15) is 59.3 Å². The molecule has 0 heterocycles. The second-order valence-electron chi connectivity index (χ2n) is 3.43. The lowest BCUT2D eigenvalue weighted by Crippen LogP contribution is -1.95. The maximum Gasteiger partial charge on any atom is 0 e. The molecule has 4 heteroatoms. The minimum atomic E-state index is 0. The van der Waals surface area contributed by atoms with E-state index in [2.05, 4.69) is 20.8 Å². The van der Waals surface area contributed by atoms with Gasteiger partial charge in [0.2, 0.25) is 0 Å². The van der Waals surface area contributed by atoms with Crippen molar-refractivity contribution in [2.75, 3.05) is 19.6 Å². The van der Waals surface area contributed by atoms with E-state index in [1.54, 1.807) is 0 Å². The molecule has 0 aromatic rings. The van der Waals surface area contributed by atoms with E-state index < -0.39 is 0 Å². The van der Waals surface area contributed by atoms with E-state index in [1.807, 2.05) is 0 Å². The van der Waals surface area contributed by atoms with E-state index >= 15 is 0 Å². The van der Waals surface area contributed by atoms with Crippen molar-refractivity contribution in [3.8, 4) is 0 Å². The molecule has 99 valence electrons. The molecule has 0 aromatic carbocycles. The van der Waals surface area contributed by atoms with Gasteiger partial charge in [-0.05, 0) is 38.9 Å². The van der Waals surface area contributed by atoms with E-state index in [-0.39, 0.29) is 8.41 Å². The molecule has 0 spiro atoms. The van der Waals surface area contributed by atoms with Gasteiger partial charge in [-0.1, -0.05) is 40.0 Å². The molecular weight excluding hydrogens is 197 g/mol. The van der Waals surface area contributed by atoms with Crippen LogP contribution >= 0.6 is 0 Å². The van der Waals surface area contributed by atoms with E-state index in [0.717, 1.165) is 19.6 Å². The van der Waals surface area contributed by atoms with Gasteiger partial charge in [0.15, 0.2) is 0 Å². The number of unbranched alkanes of at least 4 members (excludes halogenated alkanes) is 3. The highest BCUT2D eigenvalue weighted by atomic mass is 14.5. The first-order valence-electron chi connectivity index (χ1n) is 6.35. The van der Waals surface area contributed by atoms with Crippen LogP contribution in [0, 0.1) is 0 Å². The third-order valence-corrected chi connectivity index (χ3v) is 1.67. The van der Waals surface area contributed by atoms with Crippen molar-refractivity contribution < 1.29 is 0 Å². The summed E-state index contributed by atoms with van der Waals surface area (Å²) in [6.07, 6.45) is 7.16. The van der Waals surface area contributed by atoms with Gasteiger partial charge in [0.1, 0.15) is 0 Å². The summed E-state index contributed by atoms with van der Waals surface area (Å²) in [7, 11) is 0. The van der Waals surface area contributed by atoms with E-state index in [1.165, 1.54) is 38.5 Å². The zero-order valence-corrected chi connectivity index (χ0v) is 11.7. The fourth-order valence-corrected chi connectivity index (χ4v) is 0.612. The third-order valence-electron chi connectivity index (χ3n) is 1.67. The Morgan fingerprint density at radius 1 is 0.562 bits per heavy atom. The predicted octanol–water partition coefficient (Wildman–Crippen LogP) is 1.85. The predicted molar refractivity (Wildman–Crippen MR) is 77.6 cm³/mol. The first kappa shape index (κ1) is 25.0. The average Bonchev–Trinajstić information content (AvgIpc) is 2.23. The van der Waals surface area contributed by atoms with Crippen LogP contribution in [0.4, 0.5) is 0 Å². The molecule has 0 fully saturated rings. The van der Waals surface area contributed by atoms with Gasteiger partial charge in [-0.25, -0.2) is 0 Å². The standard InChI is InChI=1S/3C4H11N.B/c3*1-2-3-4-5;/h3*2-5H2,1H3;. The summed E-state index contributed by atoms with van der Waals surface area (Å²) < 4.78 is 0. The molecule has 0 atom stereocenters. The second kappa shape index (κ2) is 36.3. The maximum atomic E-state index is 5.14. The summed E-state index contributed by atoms with van der Waals surface area (Å²) in [5.41, 5.74) is 15.4. The molecular formula is C12H33BN3. The van der Waals surface area contributed by atoms with Crippen molar-refractivity contribution in [1.29, 1.82) is 0 Å². The van der Waals surface area contributed by atoms with Crippen LogP contribution in [0.3, 0.4) is 0 Å². The number of nitrogens with two attached hydrogens (primary N) is 3. The lowest BCUT2D eigenvalue weighted by molar-refractivity contribution is 0.807. The van der Waals surface area contributed by atoms with Crippen LogP contribution < -0.4 is 17.2 Å². The van der Waals surface area contributed by atoms with Gasteiger partial charge in [0, 0.05) is 8.41 Å². The molecule has 0 amide bonds. The number of rotatable bonds is 6. The van der Waals surface area contributed by atoms with E-state index in [0.29, 0.717) is 0 Å². The Labute approximate surface area is 105 Å². The maximum absolute atomic E-state index is 5.14. The zero-order chi connectivity index (χ0) is 12.4. The van der Waals surface area contributed by atoms with E-state index in [9.17, 15) is 0 Å². The molecule has 0 saturated carbocycles. The molecule has 0 aliphatic heterocycles. The number of hydrogen-bond donors (Lipinski definition) is 3. The van der Waals surface area contributed by atoms with Crippen molar-refractivity contribution in [2.24, 2.45) is 17.2 Å². The van der Waals surface area contributed by atoms with Crippen LogP contribution in [0.2, 0.25) is 0 Å². The molecule has 0 rings (SSSR count). The minimum Gasteiger partial charge on any atom is -0.330 e. The zero-order valence-electron chi connectivity index (χ0n) is 11.7. The number of hydrogen-bond acceptors (Lipinski definition) is 3. The van der Waals surface area contributed by atoms with Crippen molar-refractivity contribution in [3.63, 3.8) is 0 Å². The molecule has 0 aromatic heterocycles. The molecule has 3 nitrogen and oxygen atoms in total. The molecule has 0 aliphatic carbocycles. The lowest BCUT2D eigenvalue weighted by atomic mass is 10.3. The van der Waals surface area contributed by atoms with Gasteiger partial charge in [-0.3, -0.25) is 0 Å². The molecule has 0 aliphatic rings. The first-order chi connectivity index (χ1) is 7.24. The summed E-state index contributed by atoms with van der Waals surface area (Å²) >= 11 is 0. The average molecular weight is 230 g/mol. The second-order valence-corrected chi connectivity index (χ2v) is 3.43. The van der Waals surface area contributed by atoms with Crippen LogP contribution in [-0.4, -0.2) is 28.0 Å². The van der Waals surface area contributed by atoms with Crippen LogP contribution in [0.5, 0.6) is 0 Å². The smallest absolute Gasteiger partial charge is 0 e. The Hall–Kier alpha value is -0.0551. The highest BCUT2D eigenvalue weighted by Crippen LogP contribution is 1.77. The summed E-state index contributed by atoms with van der Waals surface area (Å²) in [5, 5.41) is 0. The summed E-state index contributed by atoms with van der Waals surface area (Å²) in [4.78, 5) is 0. The van der Waals surface area contributed by atoms with Crippen molar-refractivity contribution >= 4 is 8.41 Å². The molecule has 0 unspecified atom stereocenters. The van der Waals surface area contributed by atoms with E-state index in [4.69, 9.17) is 17.2 Å². The fourth-order valence-electron chi connectivity index (χ4n) is 0.612. The van der Waals surface area contributed by atoms with Crippen molar-refractivity contribution in [3.05, 3.63) is 0 Å². The molecule has 6 N–H and O–H groups in total. The van der Waals surface area contributed by atoms with Gasteiger partial charge < -0.3 is 17.2 Å². The Kier molecular flexibility index (Phi) is 56.7. The molecule has 3 radical (unpaired) electrons. The van der Waals surface area contributed by atoms with Crippen molar-refractivity contribution in [1.82, 2.24) is 0 Å². The van der Waals surface area contributed by atoms with Gasteiger partial charge in [0.25, 0.3) is 0 Å². The van der Waals surface area contributed by atoms with Crippen molar-refractivity contribution in [2.45, 2.75) is 59.3 Å². The topological polar surface area (TPSA) is 78.1 Å².